The highest BCUT2D eigenvalue weighted by Crippen LogP contribution is 2.48. The molecule has 0 radical (unpaired) electrons. The van der Waals surface area contributed by atoms with Gasteiger partial charge in [0.15, 0.2) is 0 Å². The van der Waals surface area contributed by atoms with Gasteiger partial charge in [-0.2, -0.15) is 0 Å². The highest BCUT2D eigenvalue weighted by Gasteiger charge is 2.22. The van der Waals surface area contributed by atoms with Crippen molar-refractivity contribution < 1.29 is 8.83 Å². The van der Waals surface area contributed by atoms with Crippen LogP contribution >= 0.6 is 0 Å². The molecule has 0 fully saturated rings. The molecule has 0 saturated heterocycles. The van der Waals surface area contributed by atoms with E-state index in [1.165, 1.54) is 49.0 Å². The molecular weight excluding hydrogens is 488 g/mol. The van der Waals surface area contributed by atoms with Crippen molar-refractivity contribution >= 4 is 65.2 Å². The van der Waals surface area contributed by atoms with Crippen LogP contribution in [-0.4, -0.2) is 0 Å². The van der Waals surface area contributed by atoms with E-state index in [0.29, 0.717) is 0 Å². The molecule has 40 heavy (non-hydrogen) atoms. The van der Waals surface area contributed by atoms with Crippen LogP contribution in [0.2, 0.25) is 0 Å². The Morgan fingerprint density at radius 3 is 1.68 bits per heavy atom. The molecule has 0 aliphatic rings. The molecule has 0 N–H and O–H groups in total. The summed E-state index contributed by atoms with van der Waals surface area (Å²) in [5, 5.41) is 10.6. The maximum Gasteiger partial charge on any atom is 0.146 e. The van der Waals surface area contributed by atoms with Crippen LogP contribution in [0.5, 0.6) is 0 Å². The van der Waals surface area contributed by atoms with Gasteiger partial charge in [0.1, 0.15) is 16.7 Å². The molecule has 2 aromatic heterocycles. The van der Waals surface area contributed by atoms with Crippen molar-refractivity contribution in [3.8, 4) is 22.3 Å². The van der Waals surface area contributed by atoms with Gasteiger partial charge in [-0.1, -0.05) is 109 Å². The third-order valence-corrected chi connectivity index (χ3v) is 8.34. The Balaban J connectivity index is 1.49. The SMILES string of the molecule is c1ccc2c(-c3c4ccccc4c(-c4cc5c6ccccc6oc5c5ccoc45)c4ccccc34)cccc2c1. The van der Waals surface area contributed by atoms with E-state index in [1.54, 1.807) is 6.26 Å². The van der Waals surface area contributed by atoms with Crippen molar-refractivity contribution in [2.24, 2.45) is 0 Å². The van der Waals surface area contributed by atoms with Crippen molar-refractivity contribution in [1.29, 1.82) is 0 Å². The minimum Gasteiger partial charge on any atom is -0.464 e. The van der Waals surface area contributed by atoms with Crippen LogP contribution < -0.4 is 0 Å². The van der Waals surface area contributed by atoms with Crippen molar-refractivity contribution in [3.63, 3.8) is 0 Å². The lowest BCUT2D eigenvalue weighted by atomic mass is 9.84. The van der Waals surface area contributed by atoms with Gasteiger partial charge in [-0.05, 0) is 61.6 Å². The minimum absolute atomic E-state index is 0.847. The van der Waals surface area contributed by atoms with Gasteiger partial charge in [-0.15, -0.1) is 0 Å². The van der Waals surface area contributed by atoms with Crippen molar-refractivity contribution in [2.75, 3.05) is 0 Å². The Morgan fingerprint density at radius 1 is 0.375 bits per heavy atom. The quantitative estimate of drug-likeness (QED) is 0.216. The summed E-state index contributed by atoms with van der Waals surface area (Å²) in [5.74, 6) is 0. The molecule has 2 heterocycles. The third kappa shape index (κ3) is 2.88. The number of hydrogen-bond acceptors (Lipinski definition) is 2. The van der Waals surface area contributed by atoms with E-state index in [2.05, 4.69) is 109 Å². The fourth-order valence-corrected chi connectivity index (χ4v) is 6.65. The maximum absolute atomic E-state index is 6.35. The van der Waals surface area contributed by atoms with Gasteiger partial charge >= 0.3 is 0 Å². The maximum atomic E-state index is 6.35. The van der Waals surface area contributed by atoms with Gasteiger partial charge in [0, 0.05) is 21.9 Å². The Hall–Kier alpha value is -5.34. The van der Waals surface area contributed by atoms with Crippen LogP contribution in [0, 0.1) is 0 Å². The average Bonchev–Trinajstić information content (AvgIpc) is 3.65. The predicted octanol–water partition coefficient (Wildman–Crippen LogP) is 11.1. The molecule has 9 aromatic rings. The largest absolute Gasteiger partial charge is 0.464 e. The van der Waals surface area contributed by atoms with Crippen molar-refractivity contribution in [3.05, 3.63) is 134 Å². The number of rotatable bonds is 2. The molecule has 0 unspecified atom stereocenters. The highest BCUT2D eigenvalue weighted by molar-refractivity contribution is 6.27. The summed E-state index contributed by atoms with van der Waals surface area (Å²) >= 11 is 0. The average molecular weight is 511 g/mol. The fourth-order valence-electron chi connectivity index (χ4n) is 6.65. The Morgan fingerprint density at radius 2 is 0.950 bits per heavy atom. The summed E-state index contributed by atoms with van der Waals surface area (Å²) in [7, 11) is 0. The molecule has 7 aromatic carbocycles. The van der Waals surface area contributed by atoms with Crippen molar-refractivity contribution in [2.45, 2.75) is 0 Å². The molecule has 0 aliphatic carbocycles. The lowest BCUT2D eigenvalue weighted by Crippen LogP contribution is -1.92. The first-order chi connectivity index (χ1) is 19.9. The predicted molar refractivity (Wildman–Crippen MR) is 167 cm³/mol. The first kappa shape index (κ1) is 21.6. The van der Waals surface area contributed by atoms with Crippen LogP contribution in [0.1, 0.15) is 0 Å². The summed E-state index contributed by atoms with van der Waals surface area (Å²) in [6.07, 6.45) is 1.77. The van der Waals surface area contributed by atoms with Crippen LogP contribution in [0.25, 0.3) is 87.5 Å². The lowest BCUT2D eigenvalue weighted by Gasteiger charge is -2.19. The minimum atomic E-state index is 0.847. The van der Waals surface area contributed by atoms with E-state index in [-0.39, 0.29) is 0 Å². The van der Waals surface area contributed by atoms with Crippen LogP contribution in [0.3, 0.4) is 0 Å². The molecule has 0 spiro atoms. The zero-order valence-electron chi connectivity index (χ0n) is 21.5. The lowest BCUT2D eigenvalue weighted by molar-refractivity contribution is 0.616. The highest BCUT2D eigenvalue weighted by atomic mass is 16.3. The summed E-state index contributed by atoms with van der Waals surface area (Å²) in [4.78, 5) is 0. The number of hydrogen-bond donors (Lipinski definition) is 0. The van der Waals surface area contributed by atoms with E-state index < -0.39 is 0 Å². The monoisotopic (exact) mass is 510 g/mol. The van der Waals surface area contributed by atoms with Crippen LogP contribution in [0.4, 0.5) is 0 Å². The molecule has 9 rings (SSSR count). The van der Waals surface area contributed by atoms with Crippen LogP contribution in [0.15, 0.2) is 142 Å². The normalized spacial score (nSPS) is 12.0. The molecule has 2 nitrogen and oxygen atoms in total. The molecule has 0 amide bonds. The van der Waals surface area contributed by atoms with Gasteiger partial charge in [-0.3, -0.25) is 0 Å². The molecule has 0 saturated carbocycles. The van der Waals surface area contributed by atoms with E-state index in [9.17, 15) is 0 Å². The number of furan rings is 2. The van der Waals surface area contributed by atoms with E-state index in [4.69, 9.17) is 8.83 Å². The fraction of sp³-hybridized carbons (Fsp3) is 0. The second-order valence-corrected chi connectivity index (χ2v) is 10.4. The second-order valence-electron chi connectivity index (χ2n) is 10.4. The molecule has 0 aliphatic heterocycles. The van der Waals surface area contributed by atoms with Crippen LogP contribution in [-0.2, 0) is 0 Å². The van der Waals surface area contributed by atoms with E-state index in [1.807, 2.05) is 18.2 Å². The standard InChI is InChI=1S/C38H22O2/c1-2-12-24-23(10-1)11-9-18-26(24)35-27-14-3-5-16-29(27)36(30-17-6-4-15-28(30)35)33-22-32-25-13-7-8-19-34(25)40-38(32)31-20-21-39-37(31)33/h1-22H. The Kier molecular flexibility index (Phi) is 4.36. The molecule has 186 valence electrons. The Bertz CT molecular complexity index is 2370. The summed E-state index contributed by atoms with van der Waals surface area (Å²) in [6.45, 7) is 0. The number of fused-ring (bicyclic) bond motifs is 8. The zero-order valence-corrected chi connectivity index (χ0v) is 21.5. The van der Waals surface area contributed by atoms with E-state index in [0.717, 1.165) is 38.5 Å². The summed E-state index contributed by atoms with van der Waals surface area (Å²) < 4.78 is 12.6. The van der Waals surface area contributed by atoms with Gasteiger partial charge < -0.3 is 8.83 Å². The zero-order chi connectivity index (χ0) is 26.2. The second kappa shape index (κ2) is 8.08. The van der Waals surface area contributed by atoms with Crippen molar-refractivity contribution in [1.82, 2.24) is 0 Å². The molecular formula is C38H22O2. The summed E-state index contributed by atoms with van der Waals surface area (Å²) in [5.41, 5.74) is 7.37. The van der Waals surface area contributed by atoms with Gasteiger partial charge in [0.05, 0.1) is 11.6 Å². The first-order valence-electron chi connectivity index (χ1n) is 13.6. The van der Waals surface area contributed by atoms with Gasteiger partial charge in [0.2, 0.25) is 0 Å². The van der Waals surface area contributed by atoms with Gasteiger partial charge in [0.25, 0.3) is 0 Å². The third-order valence-electron chi connectivity index (χ3n) is 8.34. The number of benzene rings is 7. The topological polar surface area (TPSA) is 26.3 Å². The smallest absolute Gasteiger partial charge is 0.146 e. The van der Waals surface area contributed by atoms with E-state index >= 15 is 0 Å². The summed E-state index contributed by atoms with van der Waals surface area (Å²) in [6, 6.07) is 45.4. The number of para-hydroxylation sites is 1. The molecule has 2 heteroatoms. The molecule has 0 atom stereocenters. The van der Waals surface area contributed by atoms with Gasteiger partial charge in [-0.25, -0.2) is 0 Å². The molecule has 0 bridgehead atoms. The Labute approximate surface area is 229 Å². The first-order valence-corrected chi connectivity index (χ1v) is 13.6.